The van der Waals surface area contributed by atoms with Crippen LogP contribution in [0.15, 0.2) is 30.3 Å². The van der Waals surface area contributed by atoms with Gasteiger partial charge in [-0.15, -0.1) is 0 Å². The summed E-state index contributed by atoms with van der Waals surface area (Å²) in [6, 6.07) is 10.0. The maximum absolute atomic E-state index is 5.94. The quantitative estimate of drug-likeness (QED) is 0.801. The Bertz CT molecular complexity index is 720. The lowest BCUT2D eigenvalue weighted by Gasteiger charge is -2.36. The maximum Gasteiger partial charge on any atom is 0.223 e. The van der Waals surface area contributed by atoms with Gasteiger partial charge in [0.25, 0.3) is 0 Å². The van der Waals surface area contributed by atoms with E-state index < -0.39 is 0 Å². The number of nitrogens with one attached hydrogen (secondary N) is 1. The second-order valence-corrected chi connectivity index (χ2v) is 7.23. The number of halogens is 1. The Hall–Kier alpha value is -2.05. The van der Waals surface area contributed by atoms with Crippen LogP contribution in [-0.4, -0.2) is 47.6 Å². The molecule has 0 spiro atoms. The monoisotopic (exact) mass is 358 g/mol. The molecular weight excluding hydrogens is 336 g/mol. The first kappa shape index (κ1) is 16.4. The minimum atomic E-state index is 0.165. The summed E-state index contributed by atoms with van der Waals surface area (Å²) in [7, 11) is 0. The first-order valence-electron chi connectivity index (χ1n) is 8.80. The highest BCUT2D eigenvalue weighted by Gasteiger charge is 2.26. The lowest BCUT2D eigenvalue weighted by Crippen LogP contribution is -2.47. The Morgan fingerprint density at radius 1 is 1.12 bits per heavy atom. The molecule has 2 aromatic rings. The third-order valence-electron chi connectivity index (χ3n) is 4.78. The molecule has 1 aromatic heterocycles. The van der Waals surface area contributed by atoms with Gasteiger partial charge in [0.05, 0.1) is 0 Å². The van der Waals surface area contributed by atoms with Crippen molar-refractivity contribution in [1.82, 2.24) is 14.9 Å². The standard InChI is InChI=1S/C18H23ClN6/c19-16-11-17(23-18(20)22-16)21-14-2-1-3-15(10-14)25-8-6-24(7-9-25)12-13-4-5-13/h1-3,10-11,13H,4-9,12H2,(H3,20,21,22,23). The molecule has 0 atom stereocenters. The summed E-state index contributed by atoms with van der Waals surface area (Å²) in [4.78, 5) is 13.1. The molecule has 25 heavy (non-hydrogen) atoms. The Morgan fingerprint density at radius 2 is 1.92 bits per heavy atom. The van der Waals surface area contributed by atoms with Crippen molar-refractivity contribution in [3.63, 3.8) is 0 Å². The van der Waals surface area contributed by atoms with Crippen molar-refractivity contribution in [3.05, 3.63) is 35.5 Å². The maximum atomic E-state index is 5.94. The summed E-state index contributed by atoms with van der Waals surface area (Å²) in [6.45, 7) is 5.72. The molecule has 132 valence electrons. The molecule has 1 saturated carbocycles. The van der Waals surface area contributed by atoms with Gasteiger partial charge >= 0.3 is 0 Å². The average Bonchev–Trinajstić information content (AvgIpc) is 3.39. The Kier molecular flexibility index (Phi) is 4.63. The van der Waals surface area contributed by atoms with Gasteiger partial charge in [0.1, 0.15) is 11.0 Å². The van der Waals surface area contributed by atoms with Crippen molar-refractivity contribution < 1.29 is 0 Å². The highest BCUT2D eigenvalue weighted by Crippen LogP contribution is 2.30. The van der Waals surface area contributed by atoms with E-state index in [0.29, 0.717) is 11.0 Å². The fourth-order valence-electron chi connectivity index (χ4n) is 3.28. The fraction of sp³-hybridized carbons (Fsp3) is 0.444. The fourth-order valence-corrected chi connectivity index (χ4v) is 3.47. The van der Waals surface area contributed by atoms with E-state index in [4.69, 9.17) is 17.3 Å². The zero-order valence-corrected chi connectivity index (χ0v) is 14.9. The summed E-state index contributed by atoms with van der Waals surface area (Å²) in [5.41, 5.74) is 7.84. The highest BCUT2D eigenvalue weighted by molar-refractivity contribution is 6.29. The summed E-state index contributed by atoms with van der Waals surface area (Å²) < 4.78 is 0. The summed E-state index contributed by atoms with van der Waals surface area (Å²) in [6.07, 6.45) is 2.84. The topological polar surface area (TPSA) is 70.3 Å². The van der Waals surface area contributed by atoms with Crippen LogP contribution in [0.1, 0.15) is 12.8 Å². The zero-order chi connectivity index (χ0) is 17.2. The molecule has 1 aromatic carbocycles. The Balaban J connectivity index is 1.41. The smallest absolute Gasteiger partial charge is 0.223 e. The molecular formula is C18H23ClN6. The number of benzene rings is 1. The van der Waals surface area contributed by atoms with Crippen molar-refractivity contribution in [2.24, 2.45) is 5.92 Å². The van der Waals surface area contributed by atoms with Crippen LogP contribution in [0.3, 0.4) is 0 Å². The van der Waals surface area contributed by atoms with Gasteiger partial charge in [0.15, 0.2) is 0 Å². The number of piperazine rings is 1. The molecule has 2 heterocycles. The van der Waals surface area contributed by atoms with Crippen LogP contribution in [0.2, 0.25) is 5.15 Å². The minimum absolute atomic E-state index is 0.165. The Morgan fingerprint density at radius 3 is 2.64 bits per heavy atom. The van der Waals surface area contributed by atoms with Gasteiger partial charge in [0.2, 0.25) is 5.95 Å². The van der Waals surface area contributed by atoms with Gasteiger partial charge in [-0.3, -0.25) is 4.90 Å². The van der Waals surface area contributed by atoms with Crippen LogP contribution in [0.4, 0.5) is 23.1 Å². The molecule has 0 unspecified atom stereocenters. The predicted octanol–water partition coefficient (Wildman–Crippen LogP) is 2.99. The van der Waals surface area contributed by atoms with Crippen LogP contribution >= 0.6 is 11.6 Å². The van der Waals surface area contributed by atoms with Gasteiger partial charge in [-0.2, -0.15) is 4.98 Å². The largest absolute Gasteiger partial charge is 0.369 e. The van der Waals surface area contributed by atoms with Crippen LogP contribution in [0.25, 0.3) is 0 Å². The predicted molar refractivity (Wildman–Crippen MR) is 103 cm³/mol. The van der Waals surface area contributed by atoms with Crippen molar-refractivity contribution in [1.29, 1.82) is 0 Å². The number of hydrogen-bond donors (Lipinski definition) is 2. The highest BCUT2D eigenvalue weighted by atomic mass is 35.5. The lowest BCUT2D eigenvalue weighted by atomic mass is 10.2. The van der Waals surface area contributed by atoms with Crippen LogP contribution < -0.4 is 16.0 Å². The van der Waals surface area contributed by atoms with Crippen LogP contribution in [0, 0.1) is 5.92 Å². The number of anilines is 4. The normalized spacial score (nSPS) is 18.4. The van der Waals surface area contributed by atoms with E-state index in [9.17, 15) is 0 Å². The van der Waals surface area contributed by atoms with Gasteiger partial charge in [0, 0.05) is 50.2 Å². The zero-order valence-electron chi connectivity index (χ0n) is 14.2. The number of nitrogen functional groups attached to an aromatic ring is 1. The second-order valence-electron chi connectivity index (χ2n) is 6.84. The van der Waals surface area contributed by atoms with E-state index >= 15 is 0 Å². The molecule has 1 aliphatic carbocycles. The number of hydrogen-bond acceptors (Lipinski definition) is 6. The van der Waals surface area contributed by atoms with Gasteiger partial charge < -0.3 is 16.0 Å². The molecule has 3 N–H and O–H groups in total. The number of nitrogens with zero attached hydrogens (tertiary/aromatic N) is 4. The summed E-state index contributed by atoms with van der Waals surface area (Å²) >= 11 is 5.94. The van der Waals surface area contributed by atoms with Crippen LogP contribution in [-0.2, 0) is 0 Å². The molecule has 2 aliphatic rings. The number of nitrogens with two attached hydrogens (primary N) is 1. The molecule has 0 amide bonds. The van der Waals surface area contributed by atoms with Crippen molar-refractivity contribution in [2.75, 3.05) is 48.7 Å². The lowest BCUT2D eigenvalue weighted by molar-refractivity contribution is 0.248. The summed E-state index contributed by atoms with van der Waals surface area (Å²) in [5.74, 6) is 1.73. The SMILES string of the molecule is Nc1nc(Cl)cc(Nc2cccc(N3CCN(CC4CC4)CC3)c2)n1. The Labute approximate surface area is 153 Å². The molecule has 7 heteroatoms. The third kappa shape index (κ3) is 4.32. The van der Waals surface area contributed by atoms with Gasteiger partial charge in [-0.05, 0) is 37.0 Å². The van der Waals surface area contributed by atoms with E-state index in [1.54, 1.807) is 6.07 Å². The first-order valence-corrected chi connectivity index (χ1v) is 9.18. The minimum Gasteiger partial charge on any atom is -0.369 e. The van der Waals surface area contributed by atoms with E-state index in [-0.39, 0.29) is 5.95 Å². The molecule has 0 radical (unpaired) electrons. The van der Waals surface area contributed by atoms with Crippen molar-refractivity contribution in [3.8, 4) is 0 Å². The van der Waals surface area contributed by atoms with E-state index in [2.05, 4.69) is 43.3 Å². The molecule has 4 rings (SSSR count). The second kappa shape index (κ2) is 7.06. The molecule has 1 aliphatic heterocycles. The first-order chi connectivity index (χ1) is 12.2. The van der Waals surface area contributed by atoms with E-state index in [1.165, 1.54) is 25.1 Å². The number of rotatable bonds is 5. The summed E-state index contributed by atoms with van der Waals surface area (Å²) in [5, 5.41) is 3.59. The van der Waals surface area contributed by atoms with Crippen LogP contribution in [0.5, 0.6) is 0 Å². The number of aromatic nitrogens is 2. The van der Waals surface area contributed by atoms with E-state index in [1.807, 2.05) is 6.07 Å². The van der Waals surface area contributed by atoms with Crippen molar-refractivity contribution in [2.45, 2.75) is 12.8 Å². The van der Waals surface area contributed by atoms with Gasteiger partial charge in [-0.1, -0.05) is 17.7 Å². The molecule has 2 fully saturated rings. The molecule has 0 bridgehead atoms. The van der Waals surface area contributed by atoms with Crippen molar-refractivity contribution >= 4 is 34.7 Å². The molecule has 1 saturated heterocycles. The molecule has 6 nitrogen and oxygen atoms in total. The van der Waals surface area contributed by atoms with Gasteiger partial charge in [-0.25, -0.2) is 4.98 Å². The average molecular weight is 359 g/mol. The third-order valence-corrected chi connectivity index (χ3v) is 4.98. The van der Waals surface area contributed by atoms with E-state index in [0.717, 1.165) is 37.8 Å².